The zero-order valence-corrected chi connectivity index (χ0v) is 14.0. The van der Waals surface area contributed by atoms with Gasteiger partial charge in [-0.25, -0.2) is 9.59 Å². The Morgan fingerprint density at radius 1 is 1.38 bits per heavy atom. The van der Waals surface area contributed by atoms with Gasteiger partial charge >= 0.3 is 12.0 Å². The number of rotatable bonds is 4. The van der Waals surface area contributed by atoms with Crippen molar-refractivity contribution in [2.24, 2.45) is 17.3 Å². The van der Waals surface area contributed by atoms with Gasteiger partial charge in [-0.1, -0.05) is 47.5 Å². The zero-order chi connectivity index (χ0) is 16.3. The lowest BCUT2D eigenvalue weighted by atomic mass is 9.76. The standard InChI is InChI=1S/C16H30N2O3/c1-11-7-6-8-16(9-11,13(19)20)18-14(21)17-10-12(2)15(3,4)5/h11-12H,6-10H2,1-5H3,(H,19,20)(H2,17,18,21). The third-order valence-electron chi connectivity index (χ3n) is 4.81. The number of urea groups is 1. The van der Waals surface area contributed by atoms with Crippen LogP contribution >= 0.6 is 0 Å². The second kappa shape index (κ2) is 6.67. The maximum Gasteiger partial charge on any atom is 0.329 e. The number of carboxylic acid groups (broad SMARTS) is 1. The second-order valence-electron chi connectivity index (χ2n) is 7.69. The van der Waals surface area contributed by atoms with E-state index in [1.807, 2.05) is 6.92 Å². The molecule has 1 aliphatic rings. The topological polar surface area (TPSA) is 78.4 Å². The number of carbonyl (C=O) groups excluding carboxylic acids is 1. The molecule has 122 valence electrons. The van der Waals surface area contributed by atoms with Crippen LogP contribution in [0.25, 0.3) is 0 Å². The highest BCUT2D eigenvalue weighted by atomic mass is 16.4. The van der Waals surface area contributed by atoms with Gasteiger partial charge in [0.05, 0.1) is 0 Å². The van der Waals surface area contributed by atoms with Crippen LogP contribution < -0.4 is 10.6 Å². The molecule has 0 spiro atoms. The fourth-order valence-corrected chi connectivity index (χ4v) is 2.73. The average Bonchev–Trinajstić information content (AvgIpc) is 2.34. The molecule has 1 fully saturated rings. The number of hydrogen-bond acceptors (Lipinski definition) is 2. The van der Waals surface area contributed by atoms with Crippen molar-refractivity contribution in [2.75, 3.05) is 6.54 Å². The molecule has 0 bridgehead atoms. The first-order valence-electron chi connectivity index (χ1n) is 7.86. The van der Waals surface area contributed by atoms with Gasteiger partial charge in [0.15, 0.2) is 0 Å². The van der Waals surface area contributed by atoms with Crippen molar-refractivity contribution in [3.05, 3.63) is 0 Å². The smallest absolute Gasteiger partial charge is 0.329 e. The normalized spacial score (nSPS) is 27.8. The van der Waals surface area contributed by atoms with E-state index in [0.717, 1.165) is 12.8 Å². The first kappa shape index (κ1) is 17.8. The molecule has 0 radical (unpaired) electrons. The highest BCUT2D eigenvalue weighted by Gasteiger charge is 2.43. The Morgan fingerprint density at radius 3 is 2.48 bits per heavy atom. The van der Waals surface area contributed by atoms with Crippen LogP contribution in [0.4, 0.5) is 4.79 Å². The Morgan fingerprint density at radius 2 is 2.00 bits per heavy atom. The van der Waals surface area contributed by atoms with Gasteiger partial charge in [-0.15, -0.1) is 0 Å². The molecule has 0 saturated heterocycles. The van der Waals surface area contributed by atoms with Crippen LogP contribution in [0.5, 0.6) is 0 Å². The monoisotopic (exact) mass is 298 g/mol. The molecule has 1 saturated carbocycles. The summed E-state index contributed by atoms with van der Waals surface area (Å²) in [5, 5.41) is 15.1. The van der Waals surface area contributed by atoms with Crippen molar-refractivity contribution >= 4 is 12.0 Å². The van der Waals surface area contributed by atoms with Crippen molar-refractivity contribution in [1.29, 1.82) is 0 Å². The van der Waals surface area contributed by atoms with E-state index >= 15 is 0 Å². The van der Waals surface area contributed by atoms with Gasteiger partial charge in [-0.3, -0.25) is 0 Å². The summed E-state index contributed by atoms with van der Waals surface area (Å²) in [6.07, 6.45) is 2.88. The summed E-state index contributed by atoms with van der Waals surface area (Å²) in [6.45, 7) is 11.0. The van der Waals surface area contributed by atoms with E-state index < -0.39 is 11.5 Å². The van der Waals surface area contributed by atoms with Gasteiger partial charge in [-0.05, 0) is 30.1 Å². The molecule has 0 heterocycles. The Balaban J connectivity index is 2.60. The van der Waals surface area contributed by atoms with Crippen molar-refractivity contribution < 1.29 is 14.7 Å². The molecular weight excluding hydrogens is 268 g/mol. The van der Waals surface area contributed by atoms with E-state index in [9.17, 15) is 14.7 Å². The number of carboxylic acids is 1. The summed E-state index contributed by atoms with van der Waals surface area (Å²) in [6, 6.07) is -0.373. The summed E-state index contributed by atoms with van der Waals surface area (Å²) < 4.78 is 0. The number of amides is 2. The lowest BCUT2D eigenvalue weighted by Crippen LogP contribution is -2.59. The molecule has 3 unspecified atom stereocenters. The van der Waals surface area contributed by atoms with Crippen LogP contribution in [-0.2, 0) is 4.79 Å². The van der Waals surface area contributed by atoms with E-state index in [1.54, 1.807) is 0 Å². The third-order valence-corrected chi connectivity index (χ3v) is 4.81. The zero-order valence-electron chi connectivity index (χ0n) is 14.0. The van der Waals surface area contributed by atoms with Crippen molar-refractivity contribution in [3.8, 4) is 0 Å². The molecule has 21 heavy (non-hydrogen) atoms. The highest BCUT2D eigenvalue weighted by Crippen LogP contribution is 2.32. The molecule has 0 aromatic carbocycles. The van der Waals surface area contributed by atoms with E-state index in [1.165, 1.54) is 0 Å². The number of hydrogen-bond donors (Lipinski definition) is 3. The molecule has 3 N–H and O–H groups in total. The van der Waals surface area contributed by atoms with E-state index in [-0.39, 0.29) is 11.4 Å². The van der Waals surface area contributed by atoms with Gasteiger partial charge in [0.1, 0.15) is 5.54 Å². The van der Waals surface area contributed by atoms with Crippen molar-refractivity contribution in [1.82, 2.24) is 10.6 Å². The van der Waals surface area contributed by atoms with Gasteiger partial charge in [0, 0.05) is 6.54 Å². The van der Waals surface area contributed by atoms with Crippen LogP contribution in [-0.4, -0.2) is 29.2 Å². The first-order chi connectivity index (χ1) is 9.57. The summed E-state index contributed by atoms with van der Waals surface area (Å²) >= 11 is 0. The van der Waals surface area contributed by atoms with Gasteiger partial charge in [0.25, 0.3) is 0 Å². The van der Waals surface area contributed by atoms with Crippen molar-refractivity contribution in [3.63, 3.8) is 0 Å². The Labute approximate surface area is 127 Å². The SMILES string of the molecule is CC1CCCC(NC(=O)NCC(C)C(C)(C)C)(C(=O)O)C1. The minimum Gasteiger partial charge on any atom is -0.480 e. The molecule has 1 aliphatic carbocycles. The Bertz CT molecular complexity index is 389. The van der Waals surface area contributed by atoms with Crippen LogP contribution in [0.1, 0.15) is 60.3 Å². The van der Waals surface area contributed by atoms with E-state index in [2.05, 4.69) is 38.3 Å². The molecule has 5 heteroatoms. The molecule has 0 aromatic heterocycles. The number of carbonyl (C=O) groups is 2. The third kappa shape index (κ3) is 4.90. The quantitative estimate of drug-likeness (QED) is 0.746. The van der Waals surface area contributed by atoms with Gasteiger partial charge in [-0.2, -0.15) is 0 Å². The Kier molecular flexibility index (Phi) is 5.65. The van der Waals surface area contributed by atoms with E-state index in [4.69, 9.17) is 0 Å². The fraction of sp³-hybridized carbons (Fsp3) is 0.875. The van der Waals surface area contributed by atoms with Gasteiger partial charge < -0.3 is 15.7 Å². The lowest BCUT2D eigenvalue weighted by Gasteiger charge is -2.37. The molecule has 1 rings (SSSR count). The van der Waals surface area contributed by atoms with Crippen LogP contribution in [0.3, 0.4) is 0 Å². The minimum atomic E-state index is -1.10. The van der Waals surface area contributed by atoms with Crippen LogP contribution in [0.15, 0.2) is 0 Å². The second-order valence-corrected chi connectivity index (χ2v) is 7.69. The maximum absolute atomic E-state index is 12.1. The maximum atomic E-state index is 12.1. The van der Waals surface area contributed by atoms with Crippen LogP contribution in [0.2, 0.25) is 0 Å². The molecule has 0 aromatic rings. The largest absolute Gasteiger partial charge is 0.480 e. The van der Waals surface area contributed by atoms with Gasteiger partial charge in [0.2, 0.25) is 0 Å². The number of aliphatic carboxylic acids is 1. The minimum absolute atomic E-state index is 0.108. The summed E-state index contributed by atoms with van der Waals surface area (Å²) in [5.41, 5.74) is -0.996. The predicted octanol–water partition coefficient (Wildman–Crippen LogP) is 3.00. The molecule has 5 nitrogen and oxygen atoms in total. The summed E-state index contributed by atoms with van der Waals surface area (Å²) in [5.74, 6) is -0.286. The Hall–Kier alpha value is -1.26. The molecular formula is C16H30N2O3. The molecule has 0 aliphatic heterocycles. The first-order valence-corrected chi connectivity index (χ1v) is 7.86. The fourth-order valence-electron chi connectivity index (χ4n) is 2.73. The van der Waals surface area contributed by atoms with Crippen LogP contribution in [0, 0.1) is 17.3 Å². The van der Waals surface area contributed by atoms with Crippen molar-refractivity contribution in [2.45, 2.75) is 65.8 Å². The summed E-state index contributed by atoms with van der Waals surface area (Å²) in [7, 11) is 0. The lowest BCUT2D eigenvalue weighted by molar-refractivity contribution is -0.146. The predicted molar refractivity (Wildman–Crippen MR) is 83.2 cm³/mol. The summed E-state index contributed by atoms with van der Waals surface area (Å²) in [4.78, 5) is 23.7. The molecule has 2 amide bonds. The van der Waals surface area contributed by atoms with E-state index in [0.29, 0.717) is 31.2 Å². The molecule has 3 atom stereocenters. The number of nitrogens with one attached hydrogen (secondary N) is 2. The average molecular weight is 298 g/mol. The highest BCUT2D eigenvalue weighted by molar-refractivity contribution is 5.86.